The highest BCUT2D eigenvalue weighted by Gasteiger charge is 2.27. The Hall–Kier alpha value is -0.570. The van der Waals surface area contributed by atoms with E-state index in [0.717, 1.165) is 0 Å². The average Bonchev–Trinajstić information content (AvgIpc) is 3.23. The maximum Gasteiger partial charge on any atom is 0.224 e. The summed E-state index contributed by atoms with van der Waals surface area (Å²) in [6, 6.07) is 0.559. The molecule has 2 N–H and O–H groups in total. The molecule has 0 aromatic carbocycles. The average molecular weight is 382 g/mol. The number of rotatable bonds is 4. The zero-order chi connectivity index (χ0) is 13.0. The van der Waals surface area contributed by atoms with Crippen LogP contribution in [0.15, 0.2) is 4.99 Å². The number of hydrogen-bond acceptors (Lipinski definition) is 3. The van der Waals surface area contributed by atoms with Gasteiger partial charge in [-0.3, -0.25) is 9.79 Å². The van der Waals surface area contributed by atoms with Crippen LogP contribution in [0.2, 0.25) is 0 Å². The van der Waals surface area contributed by atoms with E-state index in [1.165, 1.54) is 12.8 Å². The Morgan fingerprint density at radius 2 is 2.05 bits per heavy atom. The molecule has 2 rings (SSSR count). The van der Waals surface area contributed by atoms with Gasteiger partial charge in [0.15, 0.2) is 5.96 Å². The third kappa shape index (κ3) is 5.13. The number of morpholine rings is 1. The van der Waals surface area contributed by atoms with E-state index in [2.05, 4.69) is 4.99 Å². The summed E-state index contributed by atoms with van der Waals surface area (Å²) in [4.78, 5) is 19.9. The molecule has 110 valence electrons. The molecule has 6 nitrogen and oxygen atoms in total. The fraction of sp³-hybridized carbons (Fsp3) is 0.833. The summed E-state index contributed by atoms with van der Waals surface area (Å²) in [5, 5.41) is 0. The number of carbonyl (C=O) groups is 1. The molecule has 0 spiro atoms. The van der Waals surface area contributed by atoms with Crippen LogP contribution in [-0.4, -0.2) is 67.6 Å². The number of hydrogen-bond donors (Lipinski definition) is 1. The number of amides is 1. The predicted octanol–water partition coefficient (Wildman–Crippen LogP) is 0.262. The summed E-state index contributed by atoms with van der Waals surface area (Å²) < 4.78 is 5.21. The van der Waals surface area contributed by atoms with Gasteiger partial charge in [-0.15, -0.1) is 24.0 Å². The minimum absolute atomic E-state index is 0. The van der Waals surface area contributed by atoms with Crippen molar-refractivity contribution in [3.63, 3.8) is 0 Å². The Balaban J connectivity index is 0.00000180. The van der Waals surface area contributed by atoms with Crippen molar-refractivity contribution in [2.45, 2.75) is 25.3 Å². The monoisotopic (exact) mass is 382 g/mol. The van der Waals surface area contributed by atoms with Gasteiger partial charge in [0, 0.05) is 32.6 Å². The Bertz CT molecular complexity index is 328. The summed E-state index contributed by atoms with van der Waals surface area (Å²) >= 11 is 0. The van der Waals surface area contributed by atoms with Crippen molar-refractivity contribution in [3.8, 4) is 0 Å². The van der Waals surface area contributed by atoms with Crippen LogP contribution < -0.4 is 5.73 Å². The Labute approximate surface area is 131 Å². The summed E-state index contributed by atoms with van der Waals surface area (Å²) in [5.74, 6) is 0.691. The van der Waals surface area contributed by atoms with Crippen molar-refractivity contribution in [3.05, 3.63) is 0 Å². The molecule has 0 aromatic heterocycles. The molecule has 2 aliphatic rings. The van der Waals surface area contributed by atoms with Crippen LogP contribution in [0.5, 0.6) is 0 Å². The lowest BCUT2D eigenvalue weighted by Crippen LogP contribution is -2.41. The van der Waals surface area contributed by atoms with Gasteiger partial charge in [0.1, 0.15) is 0 Å². The first-order valence-corrected chi connectivity index (χ1v) is 6.57. The van der Waals surface area contributed by atoms with Crippen molar-refractivity contribution >= 4 is 35.8 Å². The van der Waals surface area contributed by atoms with E-state index in [9.17, 15) is 4.79 Å². The van der Waals surface area contributed by atoms with Gasteiger partial charge in [0.05, 0.1) is 19.8 Å². The van der Waals surface area contributed by atoms with Gasteiger partial charge >= 0.3 is 0 Å². The lowest BCUT2D eigenvalue weighted by atomic mass is 10.3. The quantitative estimate of drug-likeness (QED) is 0.430. The predicted molar refractivity (Wildman–Crippen MR) is 84.7 cm³/mol. The molecule has 7 heteroatoms. The summed E-state index contributed by atoms with van der Waals surface area (Å²) in [6.07, 6.45) is 2.82. The number of nitrogens with two attached hydrogens (primary N) is 1. The number of nitrogens with zero attached hydrogens (tertiary/aromatic N) is 3. The van der Waals surface area contributed by atoms with Gasteiger partial charge in [-0.05, 0) is 12.8 Å². The van der Waals surface area contributed by atoms with Gasteiger partial charge in [0.25, 0.3) is 0 Å². The molecular weight excluding hydrogens is 359 g/mol. The molecule has 0 unspecified atom stereocenters. The summed E-state index contributed by atoms with van der Waals surface area (Å²) in [6.45, 7) is 3.14. The SMILES string of the molecule is CN(C(N)=NCCC(=O)N1CCOCC1)C1CC1.I. The highest BCUT2D eigenvalue weighted by molar-refractivity contribution is 14.0. The molecule has 1 amide bonds. The van der Waals surface area contributed by atoms with Crippen LogP contribution in [0.3, 0.4) is 0 Å². The zero-order valence-corrected chi connectivity index (χ0v) is 13.7. The lowest BCUT2D eigenvalue weighted by molar-refractivity contribution is -0.135. The fourth-order valence-electron chi connectivity index (χ4n) is 2.00. The first-order chi connectivity index (χ1) is 8.68. The van der Waals surface area contributed by atoms with Crippen LogP contribution in [0.4, 0.5) is 0 Å². The molecular formula is C12H23IN4O2. The number of guanidine groups is 1. The largest absolute Gasteiger partial charge is 0.378 e. The van der Waals surface area contributed by atoms with Gasteiger partial charge < -0.3 is 20.3 Å². The zero-order valence-electron chi connectivity index (χ0n) is 11.4. The molecule has 0 aromatic rings. The second kappa shape index (κ2) is 7.88. The van der Waals surface area contributed by atoms with Crippen LogP contribution in [0, 0.1) is 0 Å². The number of halogens is 1. The second-order valence-electron chi connectivity index (χ2n) is 4.83. The van der Waals surface area contributed by atoms with E-state index in [4.69, 9.17) is 10.5 Å². The van der Waals surface area contributed by atoms with E-state index in [1.807, 2.05) is 16.8 Å². The van der Waals surface area contributed by atoms with Crippen molar-refractivity contribution in [1.29, 1.82) is 0 Å². The Kier molecular flexibility index (Phi) is 6.84. The van der Waals surface area contributed by atoms with E-state index < -0.39 is 0 Å². The third-order valence-corrected chi connectivity index (χ3v) is 3.42. The maximum atomic E-state index is 11.8. The first kappa shape index (κ1) is 16.5. The molecule has 0 bridgehead atoms. The van der Waals surface area contributed by atoms with Gasteiger partial charge in [-0.2, -0.15) is 0 Å². The first-order valence-electron chi connectivity index (χ1n) is 6.57. The maximum absolute atomic E-state index is 11.8. The van der Waals surface area contributed by atoms with Gasteiger partial charge in [-0.25, -0.2) is 0 Å². The smallest absolute Gasteiger partial charge is 0.224 e. The van der Waals surface area contributed by atoms with Crippen molar-refractivity contribution in [1.82, 2.24) is 9.80 Å². The van der Waals surface area contributed by atoms with E-state index in [-0.39, 0.29) is 29.9 Å². The van der Waals surface area contributed by atoms with Crippen molar-refractivity contribution in [2.24, 2.45) is 10.7 Å². The second-order valence-corrected chi connectivity index (χ2v) is 4.83. The molecule has 1 saturated carbocycles. The topological polar surface area (TPSA) is 71.2 Å². The number of ether oxygens (including phenoxy) is 1. The highest BCUT2D eigenvalue weighted by Crippen LogP contribution is 2.24. The Morgan fingerprint density at radius 1 is 1.42 bits per heavy atom. The molecule has 1 heterocycles. The summed E-state index contributed by atoms with van der Waals surface area (Å²) in [5.41, 5.74) is 5.85. The fourth-order valence-corrected chi connectivity index (χ4v) is 2.00. The van der Waals surface area contributed by atoms with Gasteiger partial charge in [-0.1, -0.05) is 0 Å². The standard InChI is InChI=1S/C12H22N4O2.HI/c1-15(10-2-3-10)12(13)14-5-4-11(17)16-6-8-18-9-7-16;/h10H,2-9H2,1H3,(H2,13,14);1H. The van der Waals surface area contributed by atoms with Crippen LogP contribution >= 0.6 is 24.0 Å². The van der Waals surface area contributed by atoms with Crippen molar-refractivity contribution in [2.75, 3.05) is 39.9 Å². The third-order valence-electron chi connectivity index (χ3n) is 3.42. The molecule has 1 aliphatic heterocycles. The van der Waals surface area contributed by atoms with Crippen molar-refractivity contribution < 1.29 is 9.53 Å². The molecule has 0 atom stereocenters. The highest BCUT2D eigenvalue weighted by atomic mass is 127. The van der Waals surface area contributed by atoms with Crippen LogP contribution in [-0.2, 0) is 9.53 Å². The molecule has 0 radical (unpaired) electrons. The van der Waals surface area contributed by atoms with E-state index in [0.29, 0.717) is 51.3 Å². The van der Waals surface area contributed by atoms with E-state index in [1.54, 1.807) is 0 Å². The molecule has 1 aliphatic carbocycles. The minimum Gasteiger partial charge on any atom is -0.378 e. The van der Waals surface area contributed by atoms with Gasteiger partial charge in [0.2, 0.25) is 5.91 Å². The van der Waals surface area contributed by atoms with E-state index >= 15 is 0 Å². The minimum atomic E-state index is 0. The normalized spacial score (nSPS) is 19.8. The molecule has 1 saturated heterocycles. The number of carbonyl (C=O) groups excluding carboxylic acids is 1. The summed E-state index contributed by atoms with van der Waals surface area (Å²) in [7, 11) is 1.96. The Morgan fingerprint density at radius 3 is 2.63 bits per heavy atom. The van der Waals surface area contributed by atoms with Crippen LogP contribution in [0.25, 0.3) is 0 Å². The van der Waals surface area contributed by atoms with Crippen LogP contribution in [0.1, 0.15) is 19.3 Å². The molecule has 2 fully saturated rings. The molecule has 19 heavy (non-hydrogen) atoms. The number of aliphatic imine (C=N–C) groups is 1. The lowest BCUT2D eigenvalue weighted by Gasteiger charge is -2.26.